The highest BCUT2D eigenvalue weighted by Gasteiger charge is 2.15. The molecule has 0 bridgehead atoms. The predicted molar refractivity (Wildman–Crippen MR) is 88.3 cm³/mol. The van der Waals surface area contributed by atoms with E-state index in [2.05, 4.69) is 0 Å². The number of rotatable bonds is 9. The maximum absolute atomic E-state index is 11.6. The van der Waals surface area contributed by atoms with Crippen molar-refractivity contribution in [2.45, 2.75) is 19.0 Å². The maximum atomic E-state index is 11.6. The molecular formula is C13H28N2O4SSi+. The fourth-order valence-electron chi connectivity index (χ4n) is 1.57. The van der Waals surface area contributed by atoms with Gasteiger partial charge < -0.3 is 14.3 Å². The molecule has 0 fully saturated rings. The van der Waals surface area contributed by atoms with Crippen LogP contribution in [0.15, 0.2) is 0 Å². The van der Waals surface area contributed by atoms with Crippen LogP contribution in [0, 0.1) is 0 Å². The van der Waals surface area contributed by atoms with Crippen LogP contribution in [-0.2, 0) is 14.3 Å². The fraction of sp³-hybridized carbons (Fsp3) is 0.846. The molecule has 0 amide bonds. The second-order valence-corrected chi connectivity index (χ2v) is 7.94. The lowest BCUT2D eigenvalue weighted by Gasteiger charge is -2.10. The van der Waals surface area contributed by atoms with E-state index in [1.54, 1.807) is 0 Å². The van der Waals surface area contributed by atoms with Crippen molar-refractivity contribution in [3.63, 3.8) is 0 Å². The predicted octanol–water partition coefficient (Wildman–Crippen LogP) is 0.473. The summed E-state index contributed by atoms with van der Waals surface area (Å²) in [4.78, 5) is 22.7. The van der Waals surface area contributed by atoms with E-state index in [1.807, 2.05) is 44.2 Å². The van der Waals surface area contributed by atoms with Crippen molar-refractivity contribution in [1.82, 2.24) is 4.90 Å². The summed E-state index contributed by atoms with van der Waals surface area (Å²) in [6.07, 6.45) is 0.856. The number of ether oxygens (including phenoxy) is 2. The largest absolute Gasteiger partial charge is 0.463 e. The molecule has 1 radical (unpaired) electrons. The number of amidine groups is 1. The summed E-state index contributed by atoms with van der Waals surface area (Å²) in [6, 6.07) is 0.828. The maximum Gasteiger partial charge on any atom is 0.316 e. The highest BCUT2D eigenvalue weighted by Crippen LogP contribution is 2.06. The van der Waals surface area contributed by atoms with Crippen LogP contribution in [0.3, 0.4) is 0 Å². The van der Waals surface area contributed by atoms with Crippen molar-refractivity contribution in [3.8, 4) is 0 Å². The van der Waals surface area contributed by atoms with Gasteiger partial charge in [-0.05, 0) is 30.8 Å². The van der Waals surface area contributed by atoms with Gasteiger partial charge in [0.05, 0.1) is 34.8 Å². The molecular weight excluding hydrogens is 308 g/mol. The average molecular weight is 337 g/mol. The third-order valence-corrected chi connectivity index (χ3v) is 4.85. The Morgan fingerprint density at radius 3 is 2.48 bits per heavy atom. The Bertz CT molecular complexity index is 334. The first-order valence-electron chi connectivity index (χ1n) is 6.93. The third kappa shape index (κ3) is 11.7. The van der Waals surface area contributed by atoms with E-state index in [0.717, 1.165) is 17.6 Å². The molecule has 0 aliphatic heterocycles. The van der Waals surface area contributed by atoms with E-state index in [4.69, 9.17) is 9.47 Å². The highest BCUT2D eigenvalue weighted by molar-refractivity contribution is 8.14. The van der Waals surface area contributed by atoms with Gasteiger partial charge in [-0.25, -0.2) is 0 Å². The molecule has 0 aliphatic carbocycles. The normalized spacial score (nSPS) is 10.6. The van der Waals surface area contributed by atoms with Crippen molar-refractivity contribution in [2.24, 2.45) is 0 Å². The van der Waals surface area contributed by atoms with Crippen LogP contribution in [0.4, 0.5) is 0 Å². The van der Waals surface area contributed by atoms with Crippen LogP contribution < -0.4 is 0 Å². The monoisotopic (exact) mass is 336 g/mol. The Morgan fingerprint density at radius 2 is 1.95 bits per heavy atom. The Balaban J connectivity index is 3.66. The molecule has 123 valence electrons. The van der Waals surface area contributed by atoms with E-state index in [9.17, 15) is 9.59 Å². The molecule has 1 N–H and O–H groups in total. The van der Waals surface area contributed by atoms with Crippen molar-refractivity contribution >= 4 is 31.9 Å². The molecule has 0 spiro atoms. The summed E-state index contributed by atoms with van der Waals surface area (Å²) in [5.74, 6) is 0.0527. The molecule has 0 aromatic heterocycles. The lowest BCUT2D eigenvalue weighted by atomic mass is 10.5. The summed E-state index contributed by atoms with van der Waals surface area (Å²) in [5, 5.41) is 1.00. The molecule has 0 unspecified atom stereocenters. The van der Waals surface area contributed by atoms with Crippen LogP contribution in [0.2, 0.25) is 12.6 Å². The minimum Gasteiger partial charge on any atom is -0.463 e. The molecule has 0 aromatic rings. The average Bonchev–Trinajstić information content (AvgIpc) is 2.36. The van der Waals surface area contributed by atoms with Gasteiger partial charge in [0.15, 0.2) is 0 Å². The summed E-state index contributed by atoms with van der Waals surface area (Å²) >= 11 is 1.45. The third-order valence-electron chi connectivity index (χ3n) is 2.40. The number of hydrogen-bond donors (Lipinski definition) is 1. The van der Waals surface area contributed by atoms with Crippen LogP contribution in [-0.4, -0.2) is 88.2 Å². The van der Waals surface area contributed by atoms with Gasteiger partial charge in [-0.2, -0.15) is 0 Å². The van der Waals surface area contributed by atoms with Gasteiger partial charge in [0.2, 0.25) is 9.04 Å². The van der Waals surface area contributed by atoms with Gasteiger partial charge in [-0.1, -0.05) is 0 Å². The van der Waals surface area contributed by atoms with E-state index in [0.29, 0.717) is 13.2 Å². The SMILES string of the molecule is CN(C)C(SCC(=O)OCCOCCC[Si](C)O)=[N+](C)C. The number of thioether (sulfide) groups is 1. The van der Waals surface area contributed by atoms with Gasteiger partial charge in [-0.15, -0.1) is 0 Å². The molecule has 8 heteroatoms. The molecule has 0 saturated heterocycles. The van der Waals surface area contributed by atoms with Crippen LogP contribution >= 0.6 is 11.8 Å². The van der Waals surface area contributed by atoms with Crippen molar-refractivity contribution < 1.29 is 23.6 Å². The number of nitrogens with zero attached hydrogens (tertiary/aromatic N) is 2. The molecule has 6 nitrogen and oxygen atoms in total. The Labute approximate surface area is 133 Å². The second-order valence-electron chi connectivity index (χ2n) is 5.03. The lowest BCUT2D eigenvalue weighted by molar-refractivity contribution is -0.466. The van der Waals surface area contributed by atoms with Crippen molar-refractivity contribution in [3.05, 3.63) is 0 Å². The zero-order chi connectivity index (χ0) is 16.3. The molecule has 0 rings (SSSR count). The topological polar surface area (TPSA) is 62.0 Å². The highest BCUT2D eigenvalue weighted by atomic mass is 32.2. The zero-order valence-corrected chi connectivity index (χ0v) is 15.5. The summed E-state index contributed by atoms with van der Waals surface area (Å²) < 4.78 is 12.4. The Hall–Kier alpha value is -0.573. The Morgan fingerprint density at radius 1 is 1.29 bits per heavy atom. The second kappa shape index (κ2) is 12.0. The number of esters is 1. The lowest BCUT2D eigenvalue weighted by Crippen LogP contribution is -2.28. The molecule has 0 atom stereocenters. The first-order valence-corrected chi connectivity index (χ1v) is 10.1. The molecule has 21 heavy (non-hydrogen) atoms. The first kappa shape index (κ1) is 20.4. The minimum atomic E-state index is -1.15. The molecule has 0 aliphatic rings. The van der Waals surface area contributed by atoms with Crippen molar-refractivity contribution in [1.29, 1.82) is 0 Å². The van der Waals surface area contributed by atoms with Crippen LogP contribution in [0.25, 0.3) is 0 Å². The van der Waals surface area contributed by atoms with E-state index in [-0.39, 0.29) is 18.3 Å². The molecule has 0 saturated carbocycles. The fourth-order valence-corrected chi connectivity index (χ4v) is 3.07. The zero-order valence-electron chi connectivity index (χ0n) is 13.7. The summed E-state index contributed by atoms with van der Waals surface area (Å²) in [7, 11) is 6.62. The van der Waals surface area contributed by atoms with E-state index in [1.165, 1.54) is 11.8 Å². The van der Waals surface area contributed by atoms with Gasteiger partial charge in [0.25, 0.3) is 0 Å². The molecule has 0 heterocycles. The van der Waals surface area contributed by atoms with Crippen LogP contribution in [0.1, 0.15) is 6.42 Å². The van der Waals surface area contributed by atoms with Crippen LogP contribution in [0.5, 0.6) is 0 Å². The minimum absolute atomic E-state index is 0.237. The van der Waals surface area contributed by atoms with E-state index < -0.39 is 9.04 Å². The van der Waals surface area contributed by atoms with Crippen molar-refractivity contribution in [2.75, 3.05) is 53.8 Å². The Kier molecular flexibility index (Phi) is 11.7. The summed E-state index contributed by atoms with van der Waals surface area (Å²) in [5.41, 5.74) is 0. The number of hydrogen-bond acceptors (Lipinski definition) is 5. The summed E-state index contributed by atoms with van der Waals surface area (Å²) in [6.45, 7) is 3.15. The first-order chi connectivity index (χ1) is 9.84. The van der Waals surface area contributed by atoms with Gasteiger partial charge in [0.1, 0.15) is 12.4 Å². The quantitative estimate of drug-likeness (QED) is 0.165. The van der Waals surface area contributed by atoms with Gasteiger partial charge in [0, 0.05) is 6.61 Å². The smallest absolute Gasteiger partial charge is 0.316 e. The molecule has 0 aromatic carbocycles. The van der Waals surface area contributed by atoms with E-state index >= 15 is 0 Å². The van der Waals surface area contributed by atoms with Gasteiger partial charge in [-0.3, -0.25) is 14.3 Å². The standard InChI is InChI=1S/C13H28N2O4SSi/c1-14(2)13(15(3)4)20-11-12(16)19-9-8-18-7-6-10-21(5)17/h17H,6-11H2,1-5H3/q+1. The number of carbonyl (C=O) groups is 1. The van der Waals surface area contributed by atoms with Gasteiger partial charge >= 0.3 is 11.1 Å². The number of carbonyl (C=O) groups excluding carboxylic acids is 1.